The van der Waals surface area contributed by atoms with Gasteiger partial charge in [0.15, 0.2) is 0 Å². The average Bonchev–Trinajstić information content (AvgIpc) is 3.43. The first-order chi connectivity index (χ1) is 15.2. The average molecular weight is 421 g/mol. The Morgan fingerprint density at radius 3 is 2.55 bits per heavy atom. The Labute approximate surface area is 179 Å². The van der Waals surface area contributed by atoms with Crippen molar-refractivity contribution >= 4 is 5.91 Å². The number of aryl methyl sites for hydroxylation is 1. The van der Waals surface area contributed by atoms with Crippen molar-refractivity contribution in [2.75, 3.05) is 26.3 Å². The van der Waals surface area contributed by atoms with Gasteiger partial charge in [0.2, 0.25) is 0 Å². The first kappa shape index (κ1) is 19.7. The van der Waals surface area contributed by atoms with Gasteiger partial charge >= 0.3 is 0 Å². The zero-order valence-electron chi connectivity index (χ0n) is 17.1. The van der Waals surface area contributed by atoms with Gasteiger partial charge < -0.3 is 19.1 Å². The lowest BCUT2D eigenvalue weighted by Gasteiger charge is -2.20. The molecule has 2 aliphatic heterocycles. The summed E-state index contributed by atoms with van der Waals surface area (Å²) in [6, 6.07) is 11.2. The number of rotatable bonds is 4. The predicted octanol–water partition coefficient (Wildman–Crippen LogP) is 1.66. The van der Waals surface area contributed by atoms with Gasteiger partial charge in [-0.3, -0.25) is 9.78 Å². The molecule has 1 aromatic carbocycles. The molecule has 1 amide bonds. The highest BCUT2D eigenvalue weighted by Gasteiger charge is 2.40. The SMILES string of the molecule is Cc1ccc(OC2CO[C@H]3CN(C(=O)c4ccccc4-n4cncn4)C[C@@H]3OC2)cn1. The van der Waals surface area contributed by atoms with E-state index in [4.69, 9.17) is 14.2 Å². The van der Waals surface area contributed by atoms with Crippen molar-refractivity contribution in [3.63, 3.8) is 0 Å². The van der Waals surface area contributed by atoms with Crippen LogP contribution in [0.25, 0.3) is 5.69 Å². The fourth-order valence-corrected chi connectivity index (χ4v) is 3.88. The Hall–Kier alpha value is -3.30. The van der Waals surface area contributed by atoms with Crippen molar-refractivity contribution < 1.29 is 19.0 Å². The van der Waals surface area contributed by atoms with Crippen LogP contribution >= 0.6 is 0 Å². The van der Waals surface area contributed by atoms with E-state index in [-0.39, 0.29) is 24.2 Å². The van der Waals surface area contributed by atoms with E-state index in [1.807, 2.05) is 37.3 Å². The van der Waals surface area contributed by atoms with Crippen LogP contribution in [-0.4, -0.2) is 75.2 Å². The van der Waals surface area contributed by atoms with Crippen molar-refractivity contribution in [1.82, 2.24) is 24.6 Å². The van der Waals surface area contributed by atoms with Crippen LogP contribution in [0.4, 0.5) is 0 Å². The second-order valence-corrected chi connectivity index (χ2v) is 7.69. The number of likely N-dealkylation sites (tertiary alicyclic amines) is 1. The van der Waals surface area contributed by atoms with Gasteiger partial charge in [-0.05, 0) is 31.2 Å². The van der Waals surface area contributed by atoms with Crippen LogP contribution < -0.4 is 4.74 Å². The summed E-state index contributed by atoms with van der Waals surface area (Å²) in [5.41, 5.74) is 2.20. The highest BCUT2D eigenvalue weighted by Crippen LogP contribution is 2.25. The van der Waals surface area contributed by atoms with Crippen molar-refractivity contribution in [3.8, 4) is 11.4 Å². The van der Waals surface area contributed by atoms with Crippen LogP contribution in [0.1, 0.15) is 16.1 Å². The number of aromatic nitrogens is 4. The van der Waals surface area contributed by atoms with E-state index in [1.165, 1.54) is 6.33 Å². The van der Waals surface area contributed by atoms with Crippen molar-refractivity contribution in [3.05, 3.63) is 66.5 Å². The summed E-state index contributed by atoms with van der Waals surface area (Å²) >= 11 is 0. The fraction of sp³-hybridized carbons (Fsp3) is 0.364. The molecule has 0 N–H and O–H groups in total. The first-order valence-electron chi connectivity index (χ1n) is 10.2. The predicted molar refractivity (Wildman–Crippen MR) is 110 cm³/mol. The molecule has 2 atom stereocenters. The highest BCUT2D eigenvalue weighted by atomic mass is 16.6. The quantitative estimate of drug-likeness (QED) is 0.633. The lowest BCUT2D eigenvalue weighted by atomic mass is 10.1. The summed E-state index contributed by atoms with van der Waals surface area (Å²) in [4.78, 5) is 23.2. The van der Waals surface area contributed by atoms with Crippen molar-refractivity contribution in [1.29, 1.82) is 0 Å². The molecule has 0 bridgehead atoms. The molecule has 2 aromatic heterocycles. The monoisotopic (exact) mass is 421 g/mol. The summed E-state index contributed by atoms with van der Waals surface area (Å²) in [5, 5.41) is 4.16. The molecule has 4 heterocycles. The number of fused-ring (bicyclic) bond motifs is 1. The van der Waals surface area contributed by atoms with Gasteiger partial charge in [-0.1, -0.05) is 12.1 Å². The van der Waals surface area contributed by atoms with Gasteiger partial charge in [0.05, 0.1) is 30.7 Å². The number of ether oxygens (including phenoxy) is 3. The van der Waals surface area contributed by atoms with E-state index in [2.05, 4.69) is 15.1 Å². The third-order valence-corrected chi connectivity index (χ3v) is 5.48. The van der Waals surface area contributed by atoms with Gasteiger partial charge in [0, 0.05) is 18.8 Å². The summed E-state index contributed by atoms with van der Waals surface area (Å²) < 4.78 is 19.7. The zero-order chi connectivity index (χ0) is 21.2. The molecule has 0 spiro atoms. The lowest BCUT2D eigenvalue weighted by Crippen LogP contribution is -2.33. The van der Waals surface area contributed by atoms with Gasteiger partial charge in [-0.15, -0.1) is 0 Å². The van der Waals surface area contributed by atoms with Gasteiger partial charge in [-0.25, -0.2) is 9.67 Å². The Kier molecular flexibility index (Phi) is 5.35. The number of carbonyl (C=O) groups excluding carboxylic acids is 1. The molecule has 2 aliphatic rings. The van der Waals surface area contributed by atoms with E-state index in [0.717, 1.165) is 5.69 Å². The first-order valence-corrected chi connectivity index (χ1v) is 10.2. The second kappa shape index (κ2) is 8.44. The molecule has 9 nitrogen and oxygen atoms in total. The van der Waals surface area contributed by atoms with Crippen LogP contribution in [0.3, 0.4) is 0 Å². The topological polar surface area (TPSA) is 91.6 Å². The van der Waals surface area contributed by atoms with E-state index in [1.54, 1.807) is 28.2 Å². The molecule has 31 heavy (non-hydrogen) atoms. The maximum Gasteiger partial charge on any atom is 0.256 e. The van der Waals surface area contributed by atoms with Crippen molar-refractivity contribution in [2.45, 2.75) is 25.2 Å². The number of amides is 1. The molecule has 0 unspecified atom stereocenters. The molecule has 160 valence electrons. The highest BCUT2D eigenvalue weighted by molar-refractivity contribution is 5.98. The zero-order valence-corrected chi connectivity index (χ0v) is 17.1. The number of hydrogen-bond donors (Lipinski definition) is 0. The minimum absolute atomic E-state index is 0.0788. The molecule has 9 heteroatoms. The minimum atomic E-state index is -0.215. The van der Waals surface area contributed by atoms with E-state index >= 15 is 0 Å². The summed E-state index contributed by atoms with van der Waals surface area (Å²) in [5.74, 6) is 0.612. The molecule has 0 aliphatic carbocycles. The van der Waals surface area contributed by atoms with Crippen LogP contribution in [0.5, 0.6) is 5.75 Å². The van der Waals surface area contributed by atoms with Crippen LogP contribution in [0, 0.1) is 6.92 Å². The summed E-state index contributed by atoms with van der Waals surface area (Å²) in [6.07, 6.45) is 4.14. The molecular weight excluding hydrogens is 398 g/mol. The maximum absolute atomic E-state index is 13.2. The molecule has 3 aromatic rings. The fourth-order valence-electron chi connectivity index (χ4n) is 3.88. The molecule has 2 fully saturated rings. The minimum Gasteiger partial charge on any atom is -0.484 e. The maximum atomic E-state index is 13.2. The van der Waals surface area contributed by atoms with Crippen LogP contribution in [0.2, 0.25) is 0 Å². The molecule has 5 rings (SSSR count). The van der Waals surface area contributed by atoms with E-state index < -0.39 is 0 Å². The summed E-state index contributed by atoms with van der Waals surface area (Å²) in [6.45, 7) is 3.65. The number of benzene rings is 1. The van der Waals surface area contributed by atoms with Crippen LogP contribution in [-0.2, 0) is 9.47 Å². The Morgan fingerprint density at radius 1 is 1.10 bits per heavy atom. The lowest BCUT2D eigenvalue weighted by molar-refractivity contribution is -0.00461. The smallest absolute Gasteiger partial charge is 0.256 e. The molecule has 2 saturated heterocycles. The summed E-state index contributed by atoms with van der Waals surface area (Å²) in [7, 11) is 0. The molecule has 0 radical (unpaired) electrons. The number of para-hydroxylation sites is 1. The third-order valence-electron chi connectivity index (χ3n) is 5.48. The standard InChI is InChI=1S/C22H23N5O4/c1-15-6-7-16(8-24-15)31-17-11-29-20-9-26(10-21(20)30-12-17)22(28)18-4-2-3-5-19(18)27-14-23-13-25-27/h2-8,13-14,17,20-21H,9-12H2,1H3/t20-,21-/m0/s1. The number of hydrogen-bond acceptors (Lipinski definition) is 7. The number of pyridine rings is 1. The largest absolute Gasteiger partial charge is 0.484 e. The van der Waals surface area contributed by atoms with Gasteiger partial charge in [0.1, 0.15) is 36.7 Å². The number of nitrogens with zero attached hydrogens (tertiary/aromatic N) is 5. The van der Waals surface area contributed by atoms with E-state index in [0.29, 0.717) is 43.3 Å². The molecular formula is C22H23N5O4. The Bertz CT molecular complexity index is 1020. The van der Waals surface area contributed by atoms with Gasteiger partial charge in [-0.2, -0.15) is 5.10 Å². The number of carbonyl (C=O) groups is 1. The molecule has 0 saturated carbocycles. The Morgan fingerprint density at radius 2 is 1.87 bits per heavy atom. The van der Waals surface area contributed by atoms with Crippen LogP contribution in [0.15, 0.2) is 55.2 Å². The van der Waals surface area contributed by atoms with Gasteiger partial charge in [0.25, 0.3) is 5.91 Å². The second-order valence-electron chi connectivity index (χ2n) is 7.69. The van der Waals surface area contributed by atoms with E-state index in [9.17, 15) is 4.79 Å². The van der Waals surface area contributed by atoms with Crippen molar-refractivity contribution in [2.24, 2.45) is 0 Å². The Balaban J connectivity index is 1.24. The normalized spacial score (nSPS) is 21.5. The third kappa shape index (κ3) is 4.14.